The van der Waals surface area contributed by atoms with Gasteiger partial charge in [0.2, 0.25) is 65.0 Å². The topological polar surface area (TPSA) is 498 Å². The van der Waals surface area contributed by atoms with E-state index in [4.69, 9.17) is 34.5 Å². The molecule has 0 aliphatic carbocycles. The maximum absolute atomic E-state index is 15.0. The summed E-state index contributed by atoms with van der Waals surface area (Å²) in [5.74, 6) is -11.3. The van der Waals surface area contributed by atoms with Crippen molar-refractivity contribution >= 4 is 99.3 Å². The molecule has 0 unspecified atom stereocenters. The van der Waals surface area contributed by atoms with Crippen molar-refractivity contribution < 1.29 is 70.6 Å². The minimum atomic E-state index is -2.04. The molecule has 4 aromatic carbocycles. The number of nitrogens with one attached hydrogen (secondary N) is 10. The Balaban J connectivity index is 1.29. The summed E-state index contributed by atoms with van der Waals surface area (Å²) >= 11 is 6.22. The quantitative estimate of drug-likeness (QED) is 0.0132. The molecule has 0 bridgehead atoms. The molecule has 0 spiro atoms. The number of aliphatic hydroxyl groups excluding tert-OH is 1. The number of phenols is 1. The first-order valence-corrected chi connectivity index (χ1v) is 33.7. The lowest BCUT2D eigenvalue weighted by molar-refractivity contribution is -0.142. The third-order valence-electron chi connectivity index (χ3n) is 16.5. The number of hydrogen-bond donors (Lipinski definition) is 16. The number of nitrogens with two attached hydrogens (primary N) is 4. The van der Waals surface area contributed by atoms with Crippen molar-refractivity contribution in [1.82, 2.24) is 63.0 Å². The fourth-order valence-electron chi connectivity index (χ4n) is 11.3. The first kappa shape index (κ1) is 76.8. The molecule has 32 heteroatoms. The van der Waals surface area contributed by atoms with E-state index in [2.05, 4.69) is 52.5 Å². The summed E-state index contributed by atoms with van der Waals surface area (Å²) in [6.07, 6.45) is 1.59. The number of carbonyl (C=O) groups is 12. The molecule has 6 rings (SSSR count). The highest BCUT2D eigenvalue weighted by Gasteiger charge is 2.40. The van der Waals surface area contributed by atoms with Crippen LogP contribution in [0.4, 0.5) is 4.79 Å². The van der Waals surface area contributed by atoms with Gasteiger partial charge >= 0.3 is 6.03 Å². The largest absolute Gasteiger partial charge is 0.508 e. The van der Waals surface area contributed by atoms with Gasteiger partial charge in [0.25, 0.3) is 0 Å². The zero-order valence-electron chi connectivity index (χ0n) is 59.1. The number of halogens is 1. The Morgan fingerprint density at radius 2 is 1.13 bits per heavy atom. The van der Waals surface area contributed by atoms with Crippen LogP contribution in [0.1, 0.15) is 94.9 Å². The molecule has 13 amide bonds. The van der Waals surface area contributed by atoms with E-state index in [1.807, 2.05) is 36.4 Å². The van der Waals surface area contributed by atoms with Crippen molar-refractivity contribution in [1.29, 1.82) is 0 Å². The van der Waals surface area contributed by atoms with Crippen LogP contribution < -0.4 is 76.1 Å². The van der Waals surface area contributed by atoms with Crippen molar-refractivity contribution in [3.63, 3.8) is 0 Å². The van der Waals surface area contributed by atoms with Gasteiger partial charge in [-0.05, 0) is 121 Å². The summed E-state index contributed by atoms with van der Waals surface area (Å²) in [4.78, 5) is 177. The van der Waals surface area contributed by atoms with E-state index >= 15 is 4.79 Å². The Bertz CT molecular complexity index is 3860. The predicted molar refractivity (Wildman–Crippen MR) is 378 cm³/mol. The maximum atomic E-state index is 15.0. The lowest BCUT2D eigenvalue weighted by Crippen LogP contribution is -2.61. The summed E-state index contributed by atoms with van der Waals surface area (Å²) in [6.45, 7) is 4.61. The van der Waals surface area contributed by atoms with E-state index in [-0.39, 0.29) is 100 Å². The Kier molecular flexibility index (Phi) is 29.9. The Hall–Kier alpha value is -10.9. The molecule has 102 heavy (non-hydrogen) atoms. The third kappa shape index (κ3) is 26.0. The minimum Gasteiger partial charge on any atom is -0.508 e. The molecule has 1 aromatic heterocycles. The molecule has 1 aliphatic rings. The fraction of sp³-hybridized carbons (Fsp3) is 0.429. The lowest BCUT2D eigenvalue weighted by Gasteiger charge is -2.31. The van der Waals surface area contributed by atoms with Crippen molar-refractivity contribution in [3.05, 3.63) is 143 Å². The van der Waals surface area contributed by atoms with Crippen molar-refractivity contribution in [3.8, 4) is 5.75 Å². The molecule has 0 radical (unpaired) electrons. The predicted octanol–water partition coefficient (Wildman–Crippen LogP) is -0.716. The SMILES string of the molecule is [2H]N(C(=O)[C@H](CO)NC(=O)[C@@H](Cc1cccnc1)NC(=O)[C@@H](Cc1ccc(Cl)cc1)NC(=O)[C@@H](Cc1ccc2ccccc2c1)NC(C)=O)[C@@H](Cc1ccc(O)cc1)C(=O)N[C@@H](CCCNC(N)=O)C(=O)N[C@@H](CC(C)C)C(=O)N([2H])[C@@H](CCCN=C(N)N)C(=O)N1CCC[C@H]1C(=O)N[C@H](C)C(N)=O. The van der Waals surface area contributed by atoms with Gasteiger partial charge in [-0.3, -0.25) is 62.7 Å². The van der Waals surface area contributed by atoms with Crippen LogP contribution in [0.2, 0.25) is 7.85 Å². The van der Waals surface area contributed by atoms with Gasteiger partial charge < -0.3 is 91.2 Å². The van der Waals surface area contributed by atoms with Gasteiger partial charge in [0, 0.05) is 69.7 Å². The number of primary amides is 2. The van der Waals surface area contributed by atoms with Gasteiger partial charge in [-0.15, -0.1) is 0 Å². The summed E-state index contributed by atoms with van der Waals surface area (Å²) < 4.78 is 18.6. The molecule has 20 N–H and O–H groups in total. The monoisotopic (exact) mass is 1430 g/mol. The number of nitrogens with zero attached hydrogens (tertiary/aromatic N) is 3. The van der Waals surface area contributed by atoms with Gasteiger partial charge in [-0.25, -0.2) is 4.79 Å². The Morgan fingerprint density at radius 1 is 0.598 bits per heavy atom. The molecule has 2 heterocycles. The second-order valence-corrected chi connectivity index (χ2v) is 25.6. The number of carbonyl (C=O) groups excluding carboxylic acids is 12. The number of urea groups is 1. The fourth-order valence-corrected chi connectivity index (χ4v) is 11.4. The number of aliphatic hydroxyl groups is 1. The average molecular weight is 1430 g/mol. The number of guanidine groups is 1. The van der Waals surface area contributed by atoms with Crippen LogP contribution in [0.5, 0.6) is 5.75 Å². The molecule has 1 saturated heterocycles. The minimum absolute atomic E-state index is 0.00473. The van der Waals surface area contributed by atoms with Gasteiger partial charge in [0.1, 0.15) is 66.2 Å². The van der Waals surface area contributed by atoms with Crippen molar-refractivity contribution in [2.45, 2.75) is 159 Å². The zero-order valence-corrected chi connectivity index (χ0v) is 57.9. The first-order chi connectivity index (χ1) is 49.4. The summed E-state index contributed by atoms with van der Waals surface area (Å²) in [6, 6.07) is 11.5. The number of aliphatic imine (C=N–C) groups is 1. The molecular formula is C70H92ClN17O14. The summed E-state index contributed by atoms with van der Waals surface area (Å²) in [5.41, 5.74) is 23.6. The molecule has 0 saturated carbocycles. The van der Waals surface area contributed by atoms with Crippen LogP contribution in [0.25, 0.3) is 10.8 Å². The standard InChI is InChI=1S/C70H92ClN17O14/c1-39(2)31-52(61(94)82-51(15-9-28-77-69(73)74)68(101)88-30-10-16-58(88)67(100)79-40(3)59(72)92)83-60(93)50(14-8-29-78-70(75)102)81-63(96)54(34-43-20-25-49(91)26-21-43)86-66(99)57(38-89)87-65(98)56(36-45-11-7-27-76-37-45)85-64(97)55(33-42-18-23-48(71)24-19-42)84-62(95)53(80-41(4)90)35-44-17-22-46-12-5-6-13-47(46)32-44/h5-7,11-13,17-27,32,37,39-40,50-58,89,91H,8-10,14-16,28-31,33-36,38H2,1-4H3,(H2,72,92)(H,79,100)(H,80,90)(H,81,96)(H,82,94)(H,83,93)(H,84,95)(H,85,97)(H,86,99)(H,87,98)(H4,73,74,77)(H3,75,78,102)/t40-,50+,51+,52+,53-,54+,55-,56-,57+,58+/m1/s1/i/hD2. The Labute approximate surface area is 597 Å². The van der Waals surface area contributed by atoms with Crippen LogP contribution in [-0.2, 0) is 78.4 Å². The number of hydrogen-bond acceptors (Lipinski definition) is 16. The zero-order chi connectivity index (χ0) is 76.3. The van der Waals surface area contributed by atoms with E-state index in [0.29, 0.717) is 33.4 Å². The second-order valence-electron chi connectivity index (χ2n) is 25.2. The van der Waals surface area contributed by atoms with Crippen LogP contribution in [-0.4, -0.2) is 184 Å². The number of aromatic nitrogens is 1. The molecular weight excluding hydrogens is 1340 g/mol. The number of benzene rings is 4. The van der Waals surface area contributed by atoms with Gasteiger partial charge in [0.15, 0.2) is 8.78 Å². The van der Waals surface area contributed by atoms with Crippen LogP contribution in [0.3, 0.4) is 0 Å². The van der Waals surface area contributed by atoms with E-state index in [9.17, 15) is 65.8 Å². The number of aromatic hydroxyl groups is 1. The highest BCUT2D eigenvalue weighted by Crippen LogP contribution is 2.22. The average Bonchev–Trinajstić information content (AvgIpc) is 1.49. The van der Waals surface area contributed by atoms with E-state index in [1.165, 1.54) is 55.4 Å². The second kappa shape index (κ2) is 39.7. The lowest BCUT2D eigenvalue weighted by atomic mass is 9.99. The smallest absolute Gasteiger partial charge is 0.312 e. The first-order valence-electron chi connectivity index (χ1n) is 34.2. The van der Waals surface area contributed by atoms with Gasteiger partial charge in [-0.1, -0.05) is 98.2 Å². The highest BCUT2D eigenvalue weighted by atomic mass is 35.5. The molecule has 1 aliphatic heterocycles. The number of likely N-dealkylation sites (tertiary alicyclic amines) is 1. The normalized spacial score (nSPS) is 15.5. The van der Waals surface area contributed by atoms with E-state index in [1.54, 1.807) is 56.3 Å². The summed E-state index contributed by atoms with van der Waals surface area (Å²) in [7, 11) is 0. The number of fused-ring (bicyclic) bond motifs is 1. The summed E-state index contributed by atoms with van der Waals surface area (Å²) in [5, 5.41) is 44.4. The highest BCUT2D eigenvalue weighted by molar-refractivity contribution is 6.30. The number of pyridine rings is 1. The number of amides is 13. The van der Waals surface area contributed by atoms with E-state index in [0.717, 1.165) is 10.8 Å². The van der Waals surface area contributed by atoms with Crippen LogP contribution in [0.15, 0.2) is 121 Å². The van der Waals surface area contributed by atoms with Crippen LogP contribution in [0, 0.1) is 5.92 Å². The third-order valence-corrected chi connectivity index (χ3v) is 16.8. The van der Waals surface area contributed by atoms with E-state index < -0.39 is 150 Å². The number of phenolic OH excluding ortho intramolecular Hbond substituents is 1. The van der Waals surface area contributed by atoms with Crippen molar-refractivity contribution in [2.24, 2.45) is 33.8 Å². The number of rotatable bonds is 38. The molecule has 31 nitrogen and oxygen atoms in total. The molecule has 548 valence electrons. The molecule has 10 atom stereocenters. The maximum Gasteiger partial charge on any atom is 0.312 e. The molecule has 5 aromatic rings. The van der Waals surface area contributed by atoms with Gasteiger partial charge in [-0.2, -0.15) is 0 Å². The van der Waals surface area contributed by atoms with Gasteiger partial charge in [0.05, 0.1) is 6.61 Å². The van der Waals surface area contributed by atoms with Crippen LogP contribution >= 0.6 is 11.6 Å². The Morgan fingerprint density at radius 3 is 1.73 bits per heavy atom. The molecule has 1 fully saturated rings. The van der Waals surface area contributed by atoms with Crippen molar-refractivity contribution in [2.75, 3.05) is 26.2 Å².